The molecule has 0 aliphatic rings. The van der Waals surface area contributed by atoms with Crippen LogP contribution in [0.15, 0.2) is 12.4 Å². The number of carbonyl (C=O) groups is 1. The standard InChI is InChI=1S/C13H23N3O2/c1-5-13(6-2,12(17)18)10-15(3)9-11-14-7-8-16(11)4/h7-8H,5-6,9-10H2,1-4H3,(H,17,18). The Morgan fingerprint density at radius 1 is 1.50 bits per heavy atom. The predicted molar refractivity (Wildman–Crippen MR) is 70.2 cm³/mol. The van der Waals surface area contributed by atoms with Crippen LogP contribution in [-0.4, -0.2) is 39.1 Å². The molecule has 0 aliphatic heterocycles. The molecule has 0 unspecified atom stereocenters. The zero-order valence-electron chi connectivity index (χ0n) is 11.7. The van der Waals surface area contributed by atoms with E-state index < -0.39 is 11.4 Å². The zero-order chi connectivity index (χ0) is 13.8. The van der Waals surface area contributed by atoms with Gasteiger partial charge in [0.2, 0.25) is 0 Å². The molecule has 1 N–H and O–H groups in total. The summed E-state index contributed by atoms with van der Waals surface area (Å²) < 4.78 is 1.96. The maximum atomic E-state index is 11.4. The van der Waals surface area contributed by atoms with Crippen molar-refractivity contribution in [1.29, 1.82) is 0 Å². The van der Waals surface area contributed by atoms with E-state index in [0.717, 1.165) is 5.82 Å². The lowest BCUT2D eigenvalue weighted by atomic mass is 9.82. The number of aliphatic carboxylic acids is 1. The van der Waals surface area contributed by atoms with Crippen LogP contribution in [0.25, 0.3) is 0 Å². The number of hydrogen-bond acceptors (Lipinski definition) is 3. The van der Waals surface area contributed by atoms with E-state index in [0.29, 0.717) is 25.9 Å². The Balaban J connectivity index is 2.71. The van der Waals surface area contributed by atoms with Gasteiger partial charge < -0.3 is 9.67 Å². The van der Waals surface area contributed by atoms with Gasteiger partial charge in [0.05, 0.1) is 12.0 Å². The van der Waals surface area contributed by atoms with Crippen molar-refractivity contribution in [2.45, 2.75) is 33.2 Å². The highest BCUT2D eigenvalue weighted by Crippen LogP contribution is 2.28. The first-order chi connectivity index (χ1) is 8.45. The highest BCUT2D eigenvalue weighted by atomic mass is 16.4. The Hall–Kier alpha value is -1.36. The fourth-order valence-electron chi connectivity index (χ4n) is 2.21. The monoisotopic (exact) mass is 253 g/mol. The van der Waals surface area contributed by atoms with E-state index in [1.54, 1.807) is 6.20 Å². The number of rotatable bonds is 7. The van der Waals surface area contributed by atoms with E-state index in [1.807, 2.05) is 43.6 Å². The van der Waals surface area contributed by atoms with Crippen LogP contribution >= 0.6 is 0 Å². The molecule has 0 amide bonds. The Morgan fingerprint density at radius 2 is 2.11 bits per heavy atom. The van der Waals surface area contributed by atoms with Gasteiger partial charge in [-0.1, -0.05) is 13.8 Å². The van der Waals surface area contributed by atoms with Gasteiger partial charge in [0.15, 0.2) is 0 Å². The molecule has 0 saturated heterocycles. The molecule has 1 aromatic heterocycles. The number of nitrogens with zero attached hydrogens (tertiary/aromatic N) is 3. The minimum absolute atomic E-state index is 0.544. The topological polar surface area (TPSA) is 58.4 Å². The van der Waals surface area contributed by atoms with E-state index in [9.17, 15) is 9.90 Å². The lowest BCUT2D eigenvalue weighted by Gasteiger charge is -2.31. The second-order valence-electron chi connectivity index (χ2n) is 4.92. The molecule has 0 spiro atoms. The number of aryl methyl sites for hydroxylation is 1. The van der Waals surface area contributed by atoms with Gasteiger partial charge >= 0.3 is 5.97 Å². The smallest absolute Gasteiger partial charge is 0.310 e. The van der Waals surface area contributed by atoms with Gasteiger partial charge in [-0.25, -0.2) is 4.98 Å². The van der Waals surface area contributed by atoms with Crippen LogP contribution in [0.2, 0.25) is 0 Å². The maximum absolute atomic E-state index is 11.4. The van der Waals surface area contributed by atoms with Crippen LogP contribution in [0.3, 0.4) is 0 Å². The van der Waals surface area contributed by atoms with Gasteiger partial charge in [0, 0.05) is 26.0 Å². The summed E-state index contributed by atoms with van der Waals surface area (Å²) in [6.07, 6.45) is 4.94. The number of hydrogen-bond donors (Lipinski definition) is 1. The lowest BCUT2D eigenvalue weighted by Crippen LogP contribution is -2.41. The van der Waals surface area contributed by atoms with Crippen LogP contribution < -0.4 is 0 Å². The molecule has 0 aromatic carbocycles. The minimum Gasteiger partial charge on any atom is -0.481 e. The van der Waals surface area contributed by atoms with Gasteiger partial charge in [-0.15, -0.1) is 0 Å². The van der Waals surface area contributed by atoms with E-state index in [1.165, 1.54) is 0 Å². The summed E-state index contributed by atoms with van der Waals surface area (Å²) in [5, 5.41) is 9.41. The quantitative estimate of drug-likeness (QED) is 0.804. The first-order valence-corrected chi connectivity index (χ1v) is 6.33. The fraction of sp³-hybridized carbons (Fsp3) is 0.692. The second kappa shape index (κ2) is 6.00. The van der Waals surface area contributed by atoms with Gasteiger partial charge in [-0.3, -0.25) is 9.69 Å². The molecule has 0 atom stereocenters. The predicted octanol–water partition coefficient (Wildman–Crippen LogP) is 1.74. The van der Waals surface area contributed by atoms with Crippen LogP contribution in [0.1, 0.15) is 32.5 Å². The van der Waals surface area contributed by atoms with Crippen LogP contribution in [-0.2, 0) is 18.4 Å². The fourth-order valence-corrected chi connectivity index (χ4v) is 2.21. The molecular weight excluding hydrogens is 230 g/mol. The van der Waals surface area contributed by atoms with Gasteiger partial charge in [-0.05, 0) is 19.9 Å². The third-order valence-electron chi connectivity index (χ3n) is 3.71. The van der Waals surface area contributed by atoms with E-state index in [2.05, 4.69) is 4.98 Å². The van der Waals surface area contributed by atoms with E-state index in [4.69, 9.17) is 0 Å². The average molecular weight is 253 g/mol. The SMILES string of the molecule is CCC(CC)(CN(C)Cc1nccn1C)C(=O)O. The molecule has 0 bridgehead atoms. The molecule has 0 aliphatic carbocycles. The molecule has 0 radical (unpaired) electrons. The number of carboxylic acids is 1. The van der Waals surface area contributed by atoms with Crippen molar-refractivity contribution >= 4 is 5.97 Å². The molecule has 102 valence electrons. The van der Waals surface area contributed by atoms with Crippen LogP contribution in [0.5, 0.6) is 0 Å². The summed E-state index contributed by atoms with van der Waals surface area (Å²) in [6.45, 7) is 5.08. The second-order valence-corrected chi connectivity index (χ2v) is 4.92. The molecule has 18 heavy (non-hydrogen) atoms. The van der Waals surface area contributed by atoms with Crippen molar-refractivity contribution in [2.24, 2.45) is 12.5 Å². The van der Waals surface area contributed by atoms with Crippen LogP contribution in [0.4, 0.5) is 0 Å². The Bertz CT molecular complexity index is 397. The Kier molecular flexibility index (Phi) is 4.90. The molecule has 0 fully saturated rings. The molecule has 1 aromatic rings. The molecular formula is C13H23N3O2. The van der Waals surface area contributed by atoms with Gasteiger partial charge in [0.25, 0.3) is 0 Å². The number of carboxylic acid groups (broad SMARTS) is 1. The first kappa shape index (κ1) is 14.7. The largest absolute Gasteiger partial charge is 0.481 e. The highest BCUT2D eigenvalue weighted by Gasteiger charge is 2.35. The third kappa shape index (κ3) is 3.10. The van der Waals surface area contributed by atoms with E-state index >= 15 is 0 Å². The maximum Gasteiger partial charge on any atom is 0.310 e. The van der Waals surface area contributed by atoms with Crippen molar-refractivity contribution < 1.29 is 9.90 Å². The average Bonchev–Trinajstić information content (AvgIpc) is 2.71. The van der Waals surface area contributed by atoms with Crippen molar-refractivity contribution in [3.63, 3.8) is 0 Å². The number of imidazole rings is 1. The summed E-state index contributed by atoms with van der Waals surface area (Å²) in [4.78, 5) is 17.7. The van der Waals surface area contributed by atoms with Crippen molar-refractivity contribution in [2.75, 3.05) is 13.6 Å². The summed E-state index contributed by atoms with van der Waals surface area (Å²) >= 11 is 0. The molecule has 5 nitrogen and oxygen atoms in total. The summed E-state index contributed by atoms with van der Waals surface area (Å²) in [6, 6.07) is 0. The van der Waals surface area contributed by atoms with Gasteiger partial charge in [-0.2, -0.15) is 0 Å². The zero-order valence-corrected chi connectivity index (χ0v) is 11.7. The van der Waals surface area contributed by atoms with Crippen molar-refractivity contribution in [3.05, 3.63) is 18.2 Å². The molecule has 0 saturated carbocycles. The Labute approximate surface area is 108 Å². The van der Waals surface area contributed by atoms with Crippen molar-refractivity contribution in [1.82, 2.24) is 14.5 Å². The third-order valence-corrected chi connectivity index (χ3v) is 3.71. The van der Waals surface area contributed by atoms with Crippen molar-refractivity contribution in [3.8, 4) is 0 Å². The molecule has 1 rings (SSSR count). The lowest BCUT2D eigenvalue weighted by molar-refractivity contribution is -0.150. The normalized spacial score (nSPS) is 12.1. The summed E-state index contributed by atoms with van der Waals surface area (Å²) in [5.41, 5.74) is -0.653. The molecule has 1 heterocycles. The first-order valence-electron chi connectivity index (χ1n) is 6.33. The summed E-state index contributed by atoms with van der Waals surface area (Å²) in [7, 11) is 3.89. The Morgan fingerprint density at radius 3 is 2.50 bits per heavy atom. The van der Waals surface area contributed by atoms with Gasteiger partial charge in [0.1, 0.15) is 5.82 Å². The van der Waals surface area contributed by atoms with Crippen LogP contribution in [0, 0.1) is 5.41 Å². The summed E-state index contributed by atoms with van der Waals surface area (Å²) in [5.74, 6) is 0.239. The van der Waals surface area contributed by atoms with E-state index in [-0.39, 0.29) is 0 Å². The molecule has 5 heteroatoms. The number of aromatic nitrogens is 2. The minimum atomic E-state index is -0.709. The highest BCUT2D eigenvalue weighted by molar-refractivity contribution is 5.74.